The summed E-state index contributed by atoms with van der Waals surface area (Å²) in [6, 6.07) is 21.8. The van der Waals surface area contributed by atoms with Crippen LogP contribution in [0.2, 0.25) is 0 Å². The second-order valence-corrected chi connectivity index (χ2v) is 10.4. The average molecular weight is 527 g/mol. The maximum absolute atomic E-state index is 13.5. The molecule has 1 N–H and O–H groups in total. The molecule has 1 atom stereocenters. The molecule has 1 aliphatic rings. The Balaban J connectivity index is 1.87. The molecule has 0 spiro atoms. The Morgan fingerprint density at radius 2 is 1.56 bits per heavy atom. The largest absolute Gasteiger partial charge is 0.507 e. The third-order valence-electron chi connectivity index (χ3n) is 7.10. The zero-order valence-electron chi connectivity index (χ0n) is 23.6. The third-order valence-corrected chi connectivity index (χ3v) is 7.10. The SMILES string of the molecule is CCN(CC)c1ccc(C2/C(=C(/O)c3cccc(OC(C)C)c3)C(=O)C(=O)N2c2ccc(C(C)C)cc2)cc1. The minimum atomic E-state index is -0.782. The third kappa shape index (κ3) is 5.70. The zero-order chi connectivity index (χ0) is 28.3. The van der Waals surface area contributed by atoms with Crippen molar-refractivity contribution >= 4 is 28.8 Å². The molecule has 6 heteroatoms. The van der Waals surface area contributed by atoms with E-state index < -0.39 is 17.7 Å². The average Bonchev–Trinajstić information content (AvgIpc) is 3.19. The highest BCUT2D eigenvalue weighted by atomic mass is 16.5. The molecule has 0 radical (unpaired) electrons. The molecule has 1 unspecified atom stereocenters. The first-order valence-corrected chi connectivity index (χ1v) is 13.7. The fourth-order valence-electron chi connectivity index (χ4n) is 5.03. The van der Waals surface area contributed by atoms with Gasteiger partial charge in [-0.15, -0.1) is 0 Å². The minimum absolute atomic E-state index is 0.0499. The topological polar surface area (TPSA) is 70.1 Å². The van der Waals surface area contributed by atoms with Crippen molar-refractivity contribution in [2.24, 2.45) is 0 Å². The van der Waals surface area contributed by atoms with Gasteiger partial charge in [0.1, 0.15) is 11.5 Å². The number of amides is 1. The quantitative estimate of drug-likeness (QED) is 0.183. The zero-order valence-corrected chi connectivity index (χ0v) is 23.6. The second-order valence-electron chi connectivity index (χ2n) is 10.4. The van der Waals surface area contributed by atoms with Crippen molar-refractivity contribution in [1.82, 2.24) is 0 Å². The van der Waals surface area contributed by atoms with E-state index in [1.807, 2.05) is 62.4 Å². The van der Waals surface area contributed by atoms with E-state index in [1.165, 1.54) is 4.90 Å². The van der Waals surface area contributed by atoms with Crippen LogP contribution in [-0.4, -0.2) is 36.0 Å². The molecular weight excluding hydrogens is 488 g/mol. The molecule has 1 amide bonds. The van der Waals surface area contributed by atoms with E-state index in [2.05, 4.69) is 32.6 Å². The Labute approximate surface area is 231 Å². The van der Waals surface area contributed by atoms with Gasteiger partial charge in [-0.1, -0.05) is 50.2 Å². The Morgan fingerprint density at radius 1 is 0.923 bits per heavy atom. The normalized spacial score (nSPS) is 16.8. The number of ketones is 1. The number of rotatable bonds is 9. The second kappa shape index (κ2) is 11.8. The summed E-state index contributed by atoms with van der Waals surface area (Å²) in [7, 11) is 0. The molecule has 39 heavy (non-hydrogen) atoms. The molecule has 1 heterocycles. The lowest BCUT2D eigenvalue weighted by atomic mass is 9.94. The first-order valence-electron chi connectivity index (χ1n) is 13.7. The highest BCUT2D eigenvalue weighted by Gasteiger charge is 2.47. The maximum Gasteiger partial charge on any atom is 0.300 e. The lowest BCUT2D eigenvalue weighted by Gasteiger charge is -2.27. The number of hydrogen-bond donors (Lipinski definition) is 1. The highest BCUT2D eigenvalue weighted by molar-refractivity contribution is 6.51. The first-order chi connectivity index (χ1) is 18.7. The summed E-state index contributed by atoms with van der Waals surface area (Å²) in [6.45, 7) is 14.0. The van der Waals surface area contributed by atoms with Crippen LogP contribution in [0.5, 0.6) is 5.75 Å². The molecule has 3 aromatic carbocycles. The van der Waals surface area contributed by atoms with E-state index in [0.29, 0.717) is 22.9 Å². The number of carbonyl (C=O) groups is 2. The molecular formula is C33H38N2O4. The van der Waals surface area contributed by atoms with Crippen molar-refractivity contribution in [3.8, 4) is 5.75 Å². The summed E-state index contributed by atoms with van der Waals surface area (Å²) >= 11 is 0. The fourth-order valence-corrected chi connectivity index (χ4v) is 5.03. The lowest BCUT2D eigenvalue weighted by molar-refractivity contribution is -0.132. The van der Waals surface area contributed by atoms with Gasteiger partial charge in [0.25, 0.3) is 11.7 Å². The van der Waals surface area contributed by atoms with Gasteiger partial charge < -0.3 is 14.7 Å². The number of nitrogens with zero attached hydrogens (tertiary/aromatic N) is 2. The van der Waals surface area contributed by atoms with Gasteiger partial charge >= 0.3 is 0 Å². The summed E-state index contributed by atoms with van der Waals surface area (Å²) < 4.78 is 5.80. The number of hydrogen-bond acceptors (Lipinski definition) is 5. The van der Waals surface area contributed by atoms with E-state index in [-0.39, 0.29) is 17.4 Å². The van der Waals surface area contributed by atoms with Gasteiger partial charge in [0.05, 0.1) is 17.7 Å². The Kier molecular flexibility index (Phi) is 8.44. The molecule has 204 valence electrons. The predicted molar refractivity (Wildman–Crippen MR) is 158 cm³/mol. The number of Topliss-reactive ketones (excluding diaryl/α,β-unsaturated/α-hetero) is 1. The monoisotopic (exact) mass is 526 g/mol. The van der Waals surface area contributed by atoms with Crippen LogP contribution >= 0.6 is 0 Å². The van der Waals surface area contributed by atoms with Crippen LogP contribution in [0.3, 0.4) is 0 Å². The van der Waals surface area contributed by atoms with Crippen LogP contribution in [0, 0.1) is 0 Å². The minimum Gasteiger partial charge on any atom is -0.507 e. The van der Waals surface area contributed by atoms with Crippen LogP contribution in [0.4, 0.5) is 11.4 Å². The molecule has 1 saturated heterocycles. The van der Waals surface area contributed by atoms with Crippen molar-refractivity contribution in [1.29, 1.82) is 0 Å². The van der Waals surface area contributed by atoms with Gasteiger partial charge in [0, 0.05) is 30.0 Å². The van der Waals surface area contributed by atoms with Crippen LogP contribution in [0.1, 0.15) is 70.2 Å². The van der Waals surface area contributed by atoms with E-state index in [4.69, 9.17) is 4.74 Å². The van der Waals surface area contributed by atoms with Gasteiger partial charge in [0.2, 0.25) is 0 Å². The number of ether oxygens (including phenoxy) is 1. The molecule has 0 aliphatic carbocycles. The van der Waals surface area contributed by atoms with Crippen LogP contribution < -0.4 is 14.5 Å². The summed E-state index contributed by atoms with van der Waals surface area (Å²) in [6.07, 6.45) is -0.0499. The molecule has 6 nitrogen and oxygen atoms in total. The van der Waals surface area contributed by atoms with Gasteiger partial charge in [-0.05, 0) is 81.1 Å². The van der Waals surface area contributed by atoms with Gasteiger partial charge in [-0.2, -0.15) is 0 Å². The summed E-state index contributed by atoms with van der Waals surface area (Å²) in [4.78, 5) is 30.8. The number of benzene rings is 3. The van der Waals surface area contributed by atoms with Crippen molar-refractivity contribution in [2.75, 3.05) is 22.9 Å². The van der Waals surface area contributed by atoms with Gasteiger partial charge in [-0.25, -0.2) is 0 Å². The molecule has 0 saturated carbocycles. The van der Waals surface area contributed by atoms with Crippen molar-refractivity contribution in [3.05, 3.63) is 95.1 Å². The lowest BCUT2D eigenvalue weighted by Crippen LogP contribution is -2.29. The number of carbonyl (C=O) groups excluding carboxylic acids is 2. The number of aliphatic hydroxyl groups is 1. The number of aliphatic hydroxyl groups excluding tert-OH is 1. The van der Waals surface area contributed by atoms with Crippen molar-refractivity contribution in [2.45, 2.75) is 59.6 Å². The molecule has 4 rings (SSSR count). The summed E-state index contributed by atoms with van der Waals surface area (Å²) in [5.41, 5.74) is 4.03. The maximum atomic E-state index is 13.5. The van der Waals surface area contributed by atoms with Gasteiger partial charge in [0.15, 0.2) is 0 Å². The van der Waals surface area contributed by atoms with Crippen molar-refractivity contribution < 1.29 is 19.4 Å². The predicted octanol–water partition coefficient (Wildman–Crippen LogP) is 7.07. The van der Waals surface area contributed by atoms with E-state index in [1.54, 1.807) is 24.3 Å². The molecule has 1 aliphatic heterocycles. The van der Waals surface area contributed by atoms with Crippen LogP contribution in [0.25, 0.3) is 5.76 Å². The summed E-state index contributed by atoms with van der Waals surface area (Å²) in [5, 5.41) is 11.5. The van der Waals surface area contributed by atoms with Crippen LogP contribution in [-0.2, 0) is 9.59 Å². The van der Waals surface area contributed by atoms with Gasteiger partial charge in [-0.3, -0.25) is 14.5 Å². The summed E-state index contributed by atoms with van der Waals surface area (Å²) in [5.74, 6) is -0.692. The fraction of sp³-hybridized carbons (Fsp3) is 0.333. The van der Waals surface area contributed by atoms with E-state index >= 15 is 0 Å². The van der Waals surface area contributed by atoms with Crippen LogP contribution in [0.15, 0.2) is 78.4 Å². The molecule has 1 fully saturated rings. The standard InChI is InChI=1S/C33H38N2O4/c1-7-34(8-2)26-16-14-24(15-17-26)30-29(31(36)25-10-9-11-28(20-25)39-22(5)6)32(37)33(38)35(30)27-18-12-23(13-19-27)21(3)4/h9-22,30,36H,7-8H2,1-6H3/b31-29-. The Bertz CT molecular complexity index is 1350. The number of anilines is 2. The van der Waals surface area contributed by atoms with E-state index in [0.717, 1.165) is 29.9 Å². The molecule has 0 bridgehead atoms. The smallest absolute Gasteiger partial charge is 0.300 e. The Hall–Kier alpha value is -4.06. The highest BCUT2D eigenvalue weighted by Crippen LogP contribution is 2.43. The van der Waals surface area contributed by atoms with E-state index in [9.17, 15) is 14.7 Å². The molecule has 0 aromatic heterocycles. The Morgan fingerprint density at radius 3 is 2.13 bits per heavy atom. The molecule has 3 aromatic rings. The van der Waals surface area contributed by atoms with Crippen molar-refractivity contribution in [3.63, 3.8) is 0 Å². The first kappa shape index (κ1) is 28.0.